The lowest BCUT2D eigenvalue weighted by Crippen LogP contribution is -2.49. The molecule has 0 spiro atoms. The Balaban J connectivity index is 2.10. The van der Waals surface area contributed by atoms with E-state index in [0.29, 0.717) is 16.1 Å². The molecular formula is C12H16Cl2N2. The first-order valence-electron chi connectivity index (χ1n) is 5.56. The Morgan fingerprint density at radius 2 is 2.25 bits per heavy atom. The molecule has 0 aliphatic carbocycles. The summed E-state index contributed by atoms with van der Waals surface area (Å²) >= 11 is 12.2. The van der Waals surface area contributed by atoms with Crippen LogP contribution >= 0.6 is 23.2 Å². The van der Waals surface area contributed by atoms with Crippen LogP contribution in [0.25, 0.3) is 0 Å². The minimum absolute atomic E-state index is 0.545. The highest BCUT2D eigenvalue weighted by Crippen LogP contribution is 2.27. The third-order valence-corrected chi connectivity index (χ3v) is 3.90. The number of halogens is 2. The molecule has 1 aliphatic heterocycles. The minimum Gasteiger partial charge on any atom is -0.314 e. The topological polar surface area (TPSA) is 15.3 Å². The molecule has 1 N–H and O–H groups in total. The van der Waals surface area contributed by atoms with Crippen LogP contribution in [0.1, 0.15) is 12.5 Å². The van der Waals surface area contributed by atoms with Gasteiger partial charge in [-0.15, -0.1) is 0 Å². The molecule has 1 unspecified atom stereocenters. The van der Waals surface area contributed by atoms with Crippen molar-refractivity contribution in [2.24, 2.45) is 0 Å². The molecule has 0 bridgehead atoms. The van der Waals surface area contributed by atoms with Crippen molar-refractivity contribution in [3.05, 3.63) is 33.8 Å². The van der Waals surface area contributed by atoms with Gasteiger partial charge in [0.15, 0.2) is 0 Å². The normalized spacial score (nSPS) is 22.3. The van der Waals surface area contributed by atoms with Crippen molar-refractivity contribution in [2.75, 3.05) is 19.6 Å². The number of benzene rings is 1. The van der Waals surface area contributed by atoms with E-state index < -0.39 is 0 Å². The lowest BCUT2D eigenvalue weighted by Gasteiger charge is -2.34. The second kappa shape index (κ2) is 5.37. The number of piperazine rings is 1. The van der Waals surface area contributed by atoms with Gasteiger partial charge in [-0.1, -0.05) is 35.3 Å². The van der Waals surface area contributed by atoms with E-state index in [1.807, 2.05) is 18.2 Å². The lowest BCUT2D eigenvalue weighted by molar-refractivity contribution is 0.165. The molecule has 2 nitrogen and oxygen atoms in total. The van der Waals surface area contributed by atoms with Gasteiger partial charge in [0.2, 0.25) is 0 Å². The van der Waals surface area contributed by atoms with Gasteiger partial charge in [-0.2, -0.15) is 0 Å². The van der Waals surface area contributed by atoms with Gasteiger partial charge in [-0.3, -0.25) is 4.90 Å². The van der Waals surface area contributed by atoms with Crippen LogP contribution in [0.3, 0.4) is 0 Å². The van der Waals surface area contributed by atoms with Crippen molar-refractivity contribution in [3.63, 3.8) is 0 Å². The summed E-state index contributed by atoms with van der Waals surface area (Å²) < 4.78 is 0. The Kier molecular flexibility index (Phi) is 4.09. The first kappa shape index (κ1) is 12.2. The molecule has 0 saturated carbocycles. The number of hydrogen-bond donors (Lipinski definition) is 1. The molecule has 1 aromatic rings. The van der Waals surface area contributed by atoms with Crippen LogP contribution in [0.15, 0.2) is 18.2 Å². The summed E-state index contributed by atoms with van der Waals surface area (Å²) in [6.45, 7) is 6.25. The zero-order chi connectivity index (χ0) is 11.5. The molecule has 1 heterocycles. The molecule has 88 valence electrons. The smallest absolute Gasteiger partial charge is 0.0637 e. The second-order valence-electron chi connectivity index (χ2n) is 4.24. The fraction of sp³-hybridized carbons (Fsp3) is 0.500. The molecule has 1 fully saturated rings. The van der Waals surface area contributed by atoms with Gasteiger partial charge < -0.3 is 5.32 Å². The summed E-state index contributed by atoms with van der Waals surface area (Å²) in [6.07, 6.45) is 0. The predicted molar refractivity (Wildman–Crippen MR) is 69.2 cm³/mol. The summed E-state index contributed by atoms with van der Waals surface area (Å²) in [5, 5.41) is 4.71. The number of hydrogen-bond acceptors (Lipinski definition) is 2. The van der Waals surface area contributed by atoms with Crippen LogP contribution in [-0.4, -0.2) is 30.6 Å². The zero-order valence-corrected chi connectivity index (χ0v) is 10.9. The zero-order valence-electron chi connectivity index (χ0n) is 9.34. The molecule has 16 heavy (non-hydrogen) atoms. The van der Waals surface area contributed by atoms with E-state index in [-0.39, 0.29) is 0 Å². The molecule has 1 saturated heterocycles. The molecule has 1 atom stereocenters. The highest BCUT2D eigenvalue weighted by atomic mass is 35.5. The quantitative estimate of drug-likeness (QED) is 0.878. The van der Waals surface area contributed by atoms with Crippen LogP contribution in [-0.2, 0) is 6.54 Å². The Bertz CT molecular complexity index is 368. The maximum atomic E-state index is 6.19. The first-order chi connectivity index (χ1) is 7.68. The molecule has 0 radical (unpaired) electrons. The van der Waals surface area contributed by atoms with Crippen molar-refractivity contribution in [1.82, 2.24) is 10.2 Å². The van der Waals surface area contributed by atoms with Gasteiger partial charge in [0.05, 0.1) is 10.0 Å². The van der Waals surface area contributed by atoms with Crippen LogP contribution in [0, 0.1) is 0 Å². The number of nitrogens with one attached hydrogen (secondary N) is 1. The van der Waals surface area contributed by atoms with Gasteiger partial charge in [-0.05, 0) is 18.6 Å². The molecular weight excluding hydrogens is 243 g/mol. The van der Waals surface area contributed by atoms with E-state index in [2.05, 4.69) is 17.1 Å². The van der Waals surface area contributed by atoms with Gasteiger partial charge >= 0.3 is 0 Å². The van der Waals surface area contributed by atoms with Gasteiger partial charge in [0.1, 0.15) is 0 Å². The number of rotatable bonds is 2. The Hall–Kier alpha value is -0.280. The first-order valence-corrected chi connectivity index (χ1v) is 6.31. The Morgan fingerprint density at radius 1 is 1.44 bits per heavy atom. The third kappa shape index (κ3) is 2.69. The van der Waals surface area contributed by atoms with Crippen molar-refractivity contribution in [1.29, 1.82) is 0 Å². The molecule has 0 amide bonds. The summed E-state index contributed by atoms with van der Waals surface area (Å²) in [5.41, 5.74) is 1.11. The van der Waals surface area contributed by atoms with Crippen molar-refractivity contribution in [3.8, 4) is 0 Å². The van der Waals surface area contributed by atoms with E-state index in [1.165, 1.54) is 0 Å². The summed E-state index contributed by atoms with van der Waals surface area (Å²) in [7, 11) is 0. The SMILES string of the molecule is CC1CNCCN1Cc1cccc(Cl)c1Cl. The summed E-state index contributed by atoms with van der Waals surface area (Å²) in [5.74, 6) is 0. The Morgan fingerprint density at radius 3 is 3.00 bits per heavy atom. The average molecular weight is 259 g/mol. The highest BCUT2D eigenvalue weighted by molar-refractivity contribution is 6.42. The standard InChI is InChI=1S/C12H16Cl2N2/c1-9-7-15-5-6-16(9)8-10-3-2-4-11(13)12(10)14/h2-4,9,15H,5-8H2,1H3. The van der Waals surface area contributed by atoms with Crippen molar-refractivity contribution in [2.45, 2.75) is 19.5 Å². The van der Waals surface area contributed by atoms with Crippen LogP contribution in [0.5, 0.6) is 0 Å². The summed E-state index contributed by atoms with van der Waals surface area (Å²) in [4.78, 5) is 2.42. The maximum absolute atomic E-state index is 6.19. The van der Waals surface area contributed by atoms with Crippen LogP contribution in [0.4, 0.5) is 0 Å². The Labute approximate surface area is 107 Å². The average Bonchev–Trinajstić information content (AvgIpc) is 2.28. The summed E-state index contributed by atoms with van der Waals surface area (Å²) in [6, 6.07) is 6.37. The van der Waals surface area contributed by atoms with Gasteiger partial charge in [-0.25, -0.2) is 0 Å². The highest BCUT2D eigenvalue weighted by Gasteiger charge is 2.18. The largest absolute Gasteiger partial charge is 0.314 e. The predicted octanol–water partition coefficient (Wildman–Crippen LogP) is 2.79. The van der Waals surface area contributed by atoms with Crippen LogP contribution in [0.2, 0.25) is 10.0 Å². The van der Waals surface area contributed by atoms with E-state index >= 15 is 0 Å². The van der Waals surface area contributed by atoms with E-state index in [1.54, 1.807) is 0 Å². The van der Waals surface area contributed by atoms with E-state index in [9.17, 15) is 0 Å². The fourth-order valence-corrected chi connectivity index (χ4v) is 2.39. The maximum Gasteiger partial charge on any atom is 0.0637 e. The molecule has 2 rings (SSSR count). The number of nitrogens with zero attached hydrogens (tertiary/aromatic N) is 1. The molecule has 4 heteroatoms. The van der Waals surface area contributed by atoms with Gasteiger partial charge in [0, 0.05) is 32.2 Å². The van der Waals surface area contributed by atoms with Crippen LogP contribution < -0.4 is 5.32 Å². The van der Waals surface area contributed by atoms with Gasteiger partial charge in [0.25, 0.3) is 0 Å². The molecule has 1 aromatic carbocycles. The monoisotopic (exact) mass is 258 g/mol. The molecule has 0 aromatic heterocycles. The lowest BCUT2D eigenvalue weighted by atomic mass is 10.1. The van der Waals surface area contributed by atoms with E-state index in [0.717, 1.165) is 31.7 Å². The van der Waals surface area contributed by atoms with E-state index in [4.69, 9.17) is 23.2 Å². The van der Waals surface area contributed by atoms with Crippen molar-refractivity contribution >= 4 is 23.2 Å². The minimum atomic E-state index is 0.545. The van der Waals surface area contributed by atoms with Crippen molar-refractivity contribution < 1.29 is 0 Å². The fourth-order valence-electron chi connectivity index (χ4n) is 2.01. The second-order valence-corrected chi connectivity index (χ2v) is 5.02. The third-order valence-electron chi connectivity index (χ3n) is 3.04. The molecule has 1 aliphatic rings.